The van der Waals surface area contributed by atoms with Gasteiger partial charge in [0.2, 0.25) is 0 Å². The lowest BCUT2D eigenvalue weighted by molar-refractivity contribution is 0.0583. The van der Waals surface area contributed by atoms with Crippen LogP contribution in [0.15, 0.2) is 6.07 Å². The van der Waals surface area contributed by atoms with Crippen molar-refractivity contribution in [2.75, 3.05) is 5.73 Å². The van der Waals surface area contributed by atoms with Crippen molar-refractivity contribution in [2.45, 2.75) is 25.9 Å². The van der Waals surface area contributed by atoms with Gasteiger partial charge in [-0.1, -0.05) is 0 Å². The fourth-order valence-electron chi connectivity index (χ4n) is 0.880. The molecule has 0 amide bonds. The number of halogens is 2. The molecule has 0 aliphatic heterocycles. The molecule has 1 rings (SSSR count). The lowest BCUT2D eigenvalue weighted by atomic mass is 10.0. The summed E-state index contributed by atoms with van der Waals surface area (Å²) in [5.74, 6) is -0.0801. The number of hydrogen-bond donors (Lipinski definition) is 2. The van der Waals surface area contributed by atoms with E-state index in [-0.39, 0.29) is 5.82 Å². The van der Waals surface area contributed by atoms with Crippen LogP contribution in [0.3, 0.4) is 0 Å². The van der Waals surface area contributed by atoms with Crippen molar-refractivity contribution in [3.8, 4) is 0 Å². The molecular weight excluding hydrogens is 178 g/mol. The summed E-state index contributed by atoms with van der Waals surface area (Å²) in [7, 11) is 0. The van der Waals surface area contributed by atoms with Gasteiger partial charge >= 0.3 is 6.55 Å². The molecule has 0 aliphatic rings. The Morgan fingerprint density at radius 3 is 2.31 bits per heavy atom. The Morgan fingerprint density at radius 1 is 1.54 bits per heavy atom. The second kappa shape index (κ2) is 2.95. The zero-order valence-electron chi connectivity index (χ0n) is 7.46. The predicted octanol–water partition coefficient (Wildman–Crippen LogP) is 1.05. The summed E-state index contributed by atoms with van der Waals surface area (Å²) in [4.78, 5) is 0. The topological polar surface area (TPSA) is 69.9 Å². The smallest absolute Gasteiger partial charge is 0.334 e. The molecule has 1 heterocycles. The average Bonchev–Trinajstić information content (AvgIpc) is 2.29. The van der Waals surface area contributed by atoms with Crippen molar-refractivity contribution >= 4 is 5.82 Å². The van der Waals surface area contributed by atoms with Gasteiger partial charge < -0.3 is 11.5 Å². The summed E-state index contributed by atoms with van der Waals surface area (Å²) in [6.07, 6.45) is 0. The third kappa shape index (κ3) is 1.95. The van der Waals surface area contributed by atoms with E-state index >= 15 is 0 Å². The summed E-state index contributed by atoms with van der Waals surface area (Å²) in [6, 6.07) is 1.35. The van der Waals surface area contributed by atoms with Gasteiger partial charge in [-0.05, 0) is 13.8 Å². The number of rotatable bonds is 2. The van der Waals surface area contributed by atoms with E-state index in [0.717, 1.165) is 0 Å². The van der Waals surface area contributed by atoms with E-state index in [4.69, 9.17) is 11.5 Å². The minimum atomic E-state index is -2.73. The molecule has 0 saturated carbocycles. The van der Waals surface area contributed by atoms with Crippen LogP contribution < -0.4 is 11.5 Å². The van der Waals surface area contributed by atoms with Gasteiger partial charge in [0.15, 0.2) is 0 Å². The number of nitrogen functional groups attached to an aromatic ring is 1. The summed E-state index contributed by atoms with van der Waals surface area (Å²) < 4.78 is 24.9. The van der Waals surface area contributed by atoms with Gasteiger partial charge in [0.05, 0.1) is 11.2 Å². The average molecular weight is 190 g/mol. The van der Waals surface area contributed by atoms with Crippen LogP contribution in [-0.4, -0.2) is 9.78 Å². The van der Waals surface area contributed by atoms with E-state index in [9.17, 15) is 8.78 Å². The zero-order chi connectivity index (χ0) is 10.2. The van der Waals surface area contributed by atoms with Gasteiger partial charge in [0.25, 0.3) is 0 Å². The van der Waals surface area contributed by atoms with Crippen LogP contribution in [0.1, 0.15) is 26.1 Å². The largest absolute Gasteiger partial charge is 0.384 e. The van der Waals surface area contributed by atoms with E-state index in [0.29, 0.717) is 10.4 Å². The molecule has 1 aromatic rings. The Bertz CT molecular complexity index is 300. The molecule has 0 spiro atoms. The number of nitrogens with two attached hydrogens (primary N) is 2. The van der Waals surface area contributed by atoms with Crippen molar-refractivity contribution in [3.05, 3.63) is 11.8 Å². The molecule has 4 nitrogen and oxygen atoms in total. The van der Waals surface area contributed by atoms with E-state index in [1.165, 1.54) is 6.07 Å². The minimum Gasteiger partial charge on any atom is -0.384 e. The first-order chi connectivity index (χ1) is 5.82. The molecule has 0 radical (unpaired) electrons. The van der Waals surface area contributed by atoms with E-state index in [2.05, 4.69) is 5.10 Å². The summed E-state index contributed by atoms with van der Waals surface area (Å²) >= 11 is 0. The second-order valence-corrected chi connectivity index (χ2v) is 3.40. The van der Waals surface area contributed by atoms with Gasteiger partial charge in [-0.3, -0.25) is 0 Å². The normalized spacial score (nSPS) is 12.5. The Balaban J connectivity index is 3.10. The highest BCUT2D eigenvalue weighted by Gasteiger charge is 2.21. The van der Waals surface area contributed by atoms with Gasteiger partial charge in [-0.25, -0.2) is 0 Å². The molecule has 0 bridgehead atoms. The molecule has 74 valence electrons. The quantitative estimate of drug-likeness (QED) is 0.732. The van der Waals surface area contributed by atoms with Crippen molar-refractivity contribution in [1.29, 1.82) is 0 Å². The minimum absolute atomic E-state index is 0.0801. The number of aromatic nitrogens is 2. The summed E-state index contributed by atoms with van der Waals surface area (Å²) in [6.45, 7) is 0.617. The van der Waals surface area contributed by atoms with Crippen LogP contribution in [0.2, 0.25) is 0 Å². The van der Waals surface area contributed by atoms with E-state index in [1.807, 2.05) is 0 Å². The van der Waals surface area contributed by atoms with Crippen LogP contribution in [0.4, 0.5) is 14.6 Å². The fourth-order valence-corrected chi connectivity index (χ4v) is 0.880. The number of anilines is 1. The molecule has 1 aromatic heterocycles. The molecule has 0 fully saturated rings. The second-order valence-electron chi connectivity index (χ2n) is 3.40. The zero-order valence-corrected chi connectivity index (χ0v) is 7.46. The maximum atomic E-state index is 12.2. The maximum Gasteiger partial charge on any atom is 0.334 e. The number of hydrogen-bond acceptors (Lipinski definition) is 3. The van der Waals surface area contributed by atoms with Crippen LogP contribution in [-0.2, 0) is 5.54 Å². The molecule has 0 aliphatic carbocycles. The van der Waals surface area contributed by atoms with Gasteiger partial charge in [-0.15, -0.1) is 0 Å². The molecule has 13 heavy (non-hydrogen) atoms. The lowest BCUT2D eigenvalue weighted by Crippen LogP contribution is -2.29. The molecule has 0 aromatic carbocycles. The highest BCUT2D eigenvalue weighted by molar-refractivity contribution is 5.33. The first kappa shape index (κ1) is 9.91. The van der Waals surface area contributed by atoms with Crippen molar-refractivity contribution in [1.82, 2.24) is 9.78 Å². The highest BCUT2D eigenvalue weighted by Crippen LogP contribution is 2.21. The fraction of sp³-hybridized carbons (Fsp3) is 0.571. The van der Waals surface area contributed by atoms with Crippen molar-refractivity contribution in [2.24, 2.45) is 5.73 Å². The SMILES string of the molecule is CC(C)(N)c1cc(N)n(C(F)F)n1. The Hall–Kier alpha value is -1.17. The van der Waals surface area contributed by atoms with Crippen LogP contribution in [0.5, 0.6) is 0 Å². The Labute approximate surface area is 74.5 Å². The monoisotopic (exact) mass is 190 g/mol. The summed E-state index contributed by atoms with van der Waals surface area (Å²) in [5.41, 5.74) is 10.6. The molecule has 0 saturated heterocycles. The predicted molar refractivity (Wildman–Crippen MR) is 45.1 cm³/mol. The molecule has 4 N–H and O–H groups in total. The molecular formula is C7H12F2N4. The molecule has 0 unspecified atom stereocenters. The van der Waals surface area contributed by atoms with Crippen LogP contribution >= 0.6 is 0 Å². The third-order valence-corrected chi connectivity index (χ3v) is 1.61. The Kier molecular flexibility index (Phi) is 2.25. The van der Waals surface area contributed by atoms with Crippen LogP contribution in [0, 0.1) is 0 Å². The van der Waals surface area contributed by atoms with Crippen molar-refractivity contribution in [3.63, 3.8) is 0 Å². The summed E-state index contributed by atoms with van der Waals surface area (Å²) in [5, 5.41) is 3.60. The van der Waals surface area contributed by atoms with E-state index in [1.54, 1.807) is 13.8 Å². The first-order valence-corrected chi connectivity index (χ1v) is 3.75. The number of alkyl halides is 2. The van der Waals surface area contributed by atoms with Crippen LogP contribution in [0.25, 0.3) is 0 Å². The van der Waals surface area contributed by atoms with Gasteiger partial charge in [-0.2, -0.15) is 18.6 Å². The van der Waals surface area contributed by atoms with E-state index < -0.39 is 12.1 Å². The van der Waals surface area contributed by atoms with Crippen molar-refractivity contribution < 1.29 is 8.78 Å². The first-order valence-electron chi connectivity index (χ1n) is 3.75. The Morgan fingerprint density at radius 2 is 2.08 bits per heavy atom. The van der Waals surface area contributed by atoms with Gasteiger partial charge in [0, 0.05) is 6.07 Å². The maximum absolute atomic E-state index is 12.2. The molecule has 6 heteroatoms. The highest BCUT2D eigenvalue weighted by atomic mass is 19.3. The molecule has 0 atom stereocenters. The van der Waals surface area contributed by atoms with Gasteiger partial charge in [0.1, 0.15) is 5.82 Å². The third-order valence-electron chi connectivity index (χ3n) is 1.61. The standard InChI is InChI=1S/C7H12F2N4/c1-7(2,11)4-3-5(10)13(12-4)6(8)9/h3,6H,10-11H2,1-2H3. The number of nitrogens with zero attached hydrogens (tertiary/aromatic N) is 2. The lowest BCUT2D eigenvalue weighted by Gasteiger charge is -2.14.